The third-order valence-corrected chi connectivity index (χ3v) is 4.48. The second kappa shape index (κ2) is 7.83. The fourth-order valence-electron chi connectivity index (χ4n) is 3.21. The number of nitrogens with one attached hydrogen (secondary N) is 1. The van der Waals surface area contributed by atoms with Gasteiger partial charge in [0.1, 0.15) is 5.75 Å². The van der Waals surface area contributed by atoms with Crippen molar-refractivity contribution in [1.82, 2.24) is 5.32 Å². The van der Waals surface area contributed by atoms with E-state index < -0.39 is 12.0 Å². The summed E-state index contributed by atoms with van der Waals surface area (Å²) in [6.45, 7) is 0. The van der Waals surface area contributed by atoms with E-state index in [1.54, 1.807) is 18.2 Å². The van der Waals surface area contributed by atoms with Gasteiger partial charge in [-0.1, -0.05) is 49.6 Å². The van der Waals surface area contributed by atoms with Crippen LogP contribution in [0, 0.1) is 0 Å². The standard InChI is InChI=1S/C20H22N2O3/c21-19(23)17-12-11-16(13-18(17)14-7-3-1-4-8-14)25-20(24)22-15-9-5-2-6-10-15/h1,3-4,7-8,11-13,15H,2,5-6,9-10H2,(H2,21,23)(H,22,24). The molecule has 25 heavy (non-hydrogen) atoms. The highest BCUT2D eigenvalue weighted by atomic mass is 16.6. The van der Waals surface area contributed by atoms with Gasteiger partial charge >= 0.3 is 6.09 Å². The molecule has 0 aromatic heterocycles. The largest absolute Gasteiger partial charge is 0.412 e. The van der Waals surface area contributed by atoms with E-state index in [0.29, 0.717) is 16.9 Å². The van der Waals surface area contributed by atoms with E-state index in [1.165, 1.54) is 6.42 Å². The summed E-state index contributed by atoms with van der Waals surface area (Å²) >= 11 is 0. The quantitative estimate of drug-likeness (QED) is 0.888. The summed E-state index contributed by atoms with van der Waals surface area (Å²) in [5, 5.41) is 2.91. The lowest BCUT2D eigenvalue weighted by Crippen LogP contribution is -2.38. The molecule has 0 radical (unpaired) electrons. The van der Waals surface area contributed by atoms with Crippen molar-refractivity contribution in [1.29, 1.82) is 0 Å². The van der Waals surface area contributed by atoms with Crippen LogP contribution >= 0.6 is 0 Å². The molecule has 2 aromatic rings. The third kappa shape index (κ3) is 4.38. The van der Waals surface area contributed by atoms with Crippen LogP contribution in [0.25, 0.3) is 11.1 Å². The fraction of sp³-hybridized carbons (Fsp3) is 0.300. The van der Waals surface area contributed by atoms with Gasteiger partial charge in [-0.15, -0.1) is 0 Å². The lowest BCUT2D eigenvalue weighted by atomic mass is 9.96. The number of nitrogens with two attached hydrogens (primary N) is 1. The highest BCUT2D eigenvalue weighted by Gasteiger charge is 2.18. The van der Waals surface area contributed by atoms with Crippen molar-refractivity contribution in [3.63, 3.8) is 0 Å². The predicted molar refractivity (Wildman–Crippen MR) is 96.4 cm³/mol. The van der Waals surface area contributed by atoms with Crippen LogP contribution in [0.15, 0.2) is 48.5 Å². The van der Waals surface area contributed by atoms with Crippen LogP contribution in [0.4, 0.5) is 4.79 Å². The molecule has 2 amide bonds. The molecule has 0 unspecified atom stereocenters. The van der Waals surface area contributed by atoms with Crippen molar-refractivity contribution in [2.75, 3.05) is 0 Å². The van der Waals surface area contributed by atoms with Gasteiger partial charge in [-0.2, -0.15) is 0 Å². The molecule has 1 saturated carbocycles. The summed E-state index contributed by atoms with van der Waals surface area (Å²) in [6.07, 6.45) is 5.02. The Bertz CT molecular complexity index is 753. The molecule has 0 atom stereocenters. The Hall–Kier alpha value is -2.82. The van der Waals surface area contributed by atoms with Gasteiger partial charge in [-0.3, -0.25) is 4.79 Å². The molecular weight excluding hydrogens is 316 g/mol. The second-order valence-corrected chi connectivity index (χ2v) is 6.31. The molecule has 1 aliphatic carbocycles. The first-order valence-corrected chi connectivity index (χ1v) is 8.61. The van der Waals surface area contributed by atoms with Crippen molar-refractivity contribution in [2.45, 2.75) is 38.1 Å². The maximum atomic E-state index is 12.1. The number of hydrogen-bond donors (Lipinski definition) is 2. The van der Waals surface area contributed by atoms with Gasteiger partial charge in [0, 0.05) is 11.6 Å². The van der Waals surface area contributed by atoms with Crippen molar-refractivity contribution < 1.29 is 14.3 Å². The molecule has 0 bridgehead atoms. The predicted octanol–water partition coefficient (Wildman–Crippen LogP) is 3.87. The van der Waals surface area contributed by atoms with E-state index in [2.05, 4.69) is 5.32 Å². The number of primary amides is 1. The molecule has 3 N–H and O–H groups in total. The molecule has 5 heteroatoms. The van der Waals surface area contributed by atoms with Gasteiger partial charge in [0.15, 0.2) is 0 Å². The molecule has 130 valence electrons. The molecule has 0 aliphatic heterocycles. The summed E-state index contributed by atoms with van der Waals surface area (Å²) < 4.78 is 5.41. The Kier molecular flexibility index (Phi) is 5.33. The normalized spacial score (nSPS) is 14.7. The maximum absolute atomic E-state index is 12.1. The zero-order valence-electron chi connectivity index (χ0n) is 14.0. The minimum Gasteiger partial charge on any atom is -0.410 e. The maximum Gasteiger partial charge on any atom is 0.412 e. The van der Waals surface area contributed by atoms with Gasteiger partial charge in [-0.25, -0.2) is 4.79 Å². The molecule has 2 aromatic carbocycles. The van der Waals surface area contributed by atoms with Crippen LogP contribution in [-0.2, 0) is 0 Å². The third-order valence-electron chi connectivity index (χ3n) is 4.48. The lowest BCUT2D eigenvalue weighted by Gasteiger charge is -2.22. The van der Waals surface area contributed by atoms with Crippen LogP contribution in [0.3, 0.4) is 0 Å². The highest BCUT2D eigenvalue weighted by Crippen LogP contribution is 2.28. The molecule has 1 fully saturated rings. The second-order valence-electron chi connectivity index (χ2n) is 6.31. The Morgan fingerprint density at radius 1 is 1.00 bits per heavy atom. The van der Waals surface area contributed by atoms with E-state index in [-0.39, 0.29) is 6.04 Å². The first-order valence-electron chi connectivity index (χ1n) is 8.61. The van der Waals surface area contributed by atoms with Gasteiger partial charge in [0.05, 0.1) is 0 Å². The summed E-state index contributed by atoms with van der Waals surface area (Å²) in [5.74, 6) is -0.130. The molecule has 1 aliphatic rings. The number of carbonyl (C=O) groups is 2. The van der Waals surface area contributed by atoms with Gasteiger partial charge in [0.2, 0.25) is 5.91 Å². The van der Waals surface area contributed by atoms with Crippen molar-refractivity contribution >= 4 is 12.0 Å². The summed E-state index contributed by atoms with van der Waals surface area (Å²) in [5.41, 5.74) is 7.35. The van der Waals surface area contributed by atoms with Crippen LogP contribution < -0.4 is 15.8 Å². The Labute approximate surface area is 147 Å². The summed E-state index contributed by atoms with van der Waals surface area (Å²) in [6, 6.07) is 14.5. The van der Waals surface area contributed by atoms with Gasteiger partial charge < -0.3 is 15.8 Å². The zero-order valence-corrected chi connectivity index (χ0v) is 14.0. The molecule has 0 saturated heterocycles. The number of rotatable bonds is 4. The Balaban J connectivity index is 1.78. The lowest BCUT2D eigenvalue weighted by molar-refractivity contribution is 0.100. The van der Waals surface area contributed by atoms with Crippen LogP contribution in [0.2, 0.25) is 0 Å². The van der Waals surface area contributed by atoms with Crippen LogP contribution in [-0.4, -0.2) is 18.0 Å². The molecular formula is C20H22N2O3. The average Bonchev–Trinajstić information content (AvgIpc) is 2.63. The van der Waals surface area contributed by atoms with Gasteiger partial charge in [-0.05, 0) is 42.2 Å². The topological polar surface area (TPSA) is 81.4 Å². The fourth-order valence-corrected chi connectivity index (χ4v) is 3.21. The first kappa shape index (κ1) is 17.0. The van der Waals surface area contributed by atoms with Crippen molar-refractivity contribution in [2.24, 2.45) is 5.73 Å². The Morgan fingerprint density at radius 2 is 1.72 bits per heavy atom. The number of hydrogen-bond acceptors (Lipinski definition) is 3. The Morgan fingerprint density at radius 3 is 2.40 bits per heavy atom. The molecule has 3 rings (SSSR count). The van der Waals surface area contributed by atoms with Crippen molar-refractivity contribution in [3.05, 3.63) is 54.1 Å². The van der Waals surface area contributed by atoms with E-state index >= 15 is 0 Å². The number of amides is 2. The summed E-state index contributed by atoms with van der Waals surface area (Å²) in [7, 11) is 0. The van der Waals surface area contributed by atoms with Gasteiger partial charge in [0.25, 0.3) is 0 Å². The highest BCUT2D eigenvalue weighted by molar-refractivity contribution is 6.00. The van der Waals surface area contributed by atoms with Crippen LogP contribution in [0.1, 0.15) is 42.5 Å². The summed E-state index contributed by atoms with van der Waals surface area (Å²) in [4.78, 5) is 23.8. The molecule has 0 heterocycles. The van der Waals surface area contributed by atoms with E-state index in [1.807, 2.05) is 30.3 Å². The monoisotopic (exact) mass is 338 g/mol. The number of benzene rings is 2. The van der Waals surface area contributed by atoms with Crippen molar-refractivity contribution in [3.8, 4) is 16.9 Å². The number of carbonyl (C=O) groups excluding carboxylic acids is 2. The van der Waals surface area contributed by atoms with E-state index in [9.17, 15) is 9.59 Å². The average molecular weight is 338 g/mol. The minimum absolute atomic E-state index is 0.180. The zero-order chi connectivity index (χ0) is 17.6. The molecule has 0 spiro atoms. The molecule has 5 nitrogen and oxygen atoms in total. The number of ether oxygens (including phenoxy) is 1. The van der Waals surface area contributed by atoms with E-state index in [4.69, 9.17) is 10.5 Å². The van der Waals surface area contributed by atoms with Crippen LogP contribution in [0.5, 0.6) is 5.75 Å². The van der Waals surface area contributed by atoms with E-state index in [0.717, 1.165) is 31.2 Å². The SMILES string of the molecule is NC(=O)c1ccc(OC(=O)NC2CCCCC2)cc1-c1ccccc1. The first-order chi connectivity index (χ1) is 12.1. The smallest absolute Gasteiger partial charge is 0.410 e. The minimum atomic E-state index is -0.517.